The Kier molecular flexibility index (Phi) is 9.42. The minimum Gasteiger partial charge on any atom is -0.467 e. The number of aromatic nitrogens is 3. The van der Waals surface area contributed by atoms with Crippen molar-refractivity contribution in [2.45, 2.75) is 110 Å². The number of halogens is 1. The van der Waals surface area contributed by atoms with Gasteiger partial charge < -0.3 is 18.9 Å². The molecule has 0 spiro atoms. The molecule has 1 aromatic carbocycles. The maximum Gasteiger partial charge on any atom is 0.316 e. The lowest BCUT2D eigenvalue weighted by atomic mass is 9.86. The van der Waals surface area contributed by atoms with E-state index >= 15 is 0 Å². The molecule has 0 unspecified atom stereocenters. The second kappa shape index (κ2) is 13.0. The molecule has 1 aliphatic heterocycles. The Morgan fingerprint density at radius 3 is 2.53 bits per heavy atom. The van der Waals surface area contributed by atoms with E-state index in [0.717, 1.165) is 64.2 Å². The summed E-state index contributed by atoms with van der Waals surface area (Å²) in [5.41, 5.74) is 6.95. The summed E-state index contributed by atoms with van der Waals surface area (Å²) in [6.45, 7) is 13.5. The largest absolute Gasteiger partial charge is 0.467 e. The summed E-state index contributed by atoms with van der Waals surface area (Å²) >= 11 is 0. The number of hydrogen-bond donors (Lipinski definition) is 0. The third-order valence-electron chi connectivity index (χ3n) is 7.84. The van der Waals surface area contributed by atoms with Crippen LogP contribution in [-0.2, 0) is 31.8 Å². The lowest BCUT2D eigenvalue weighted by Crippen LogP contribution is -2.45. The van der Waals surface area contributed by atoms with E-state index in [4.69, 9.17) is 23.9 Å². The van der Waals surface area contributed by atoms with Crippen LogP contribution in [0.3, 0.4) is 0 Å². The summed E-state index contributed by atoms with van der Waals surface area (Å²) < 4.78 is 37.5. The zero-order valence-corrected chi connectivity index (χ0v) is 27.6. The molecule has 1 saturated heterocycles. The highest BCUT2D eigenvalue weighted by Crippen LogP contribution is 2.42. The van der Waals surface area contributed by atoms with E-state index in [0.29, 0.717) is 12.4 Å². The third-order valence-corrected chi connectivity index (χ3v) is 7.84. The normalized spacial score (nSPS) is 19.6. The van der Waals surface area contributed by atoms with E-state index in [2.05, 4.69) is 29.9 Å². The molecule has 2 atom stereocenters. The van der Waals surface area contributed by atoms with Gasteiger partial charge in [0.25, 0.3) is 0 Å². The number of pyridine rings is 1. The van der Waals surface area contributed by atoms with Crippen molar-refractivity contribution in [1.82, 2.24) is 15.0 Å². The zero-order chi connectivity index (χ0) is 32.5. The number of carbonyl (C=O) groups is 1. The molecule has 2 aliphatic rings. The molecule has 45 heavy (non-hydrogen) atoms. The Morgan fingerprint density at radius 2 is 1.87 bits per heavy atom. The first kappa shape index (κ1) is 32.7. The molecule has 240 valence electrons. The molecular weight excluding hydrogens is 573 g/mol. The van der Waals surface area contributed by atoms with Crippen molar-refractivity contribution in [3.63, 3.8) is 0 Å². The van der Waals surface area contributed by atoms with Crippen molar-refractivity contribution >= 4 is 12.0 Å². The van der Waals surface area contributed by atoms with Crippen molar-refractivity contribution in [3.8, 4) is 28.4 Å². The van der Waals surface area contributed by atoms with Crippen LogP contribution in [-0.4, -0.2) is 51.6 Å². The fourth-order valence-corrected chi connectivity index (χ4v) is 6.16. The number of rotatable bonds is 7. The number of esters is 1. The van der Waals surface area contributed by atoms with Crippen LogP contribution in [0.4, 0.5) is 4.39 Å². The third kappa shape index (κ3) is 7.76. The van der Waals surface area contributed by atoms with Crippen LogP contribution in [0.2, 0.25) is 0 Å². The van der Waals surface area contributed by atoms with Gasteiger partial charge in [-0.3, -0.25) is 9.78 Å². The highest BCUT2D eigenvalue weighted by Gasteiger charge is 2.36. The minimum atomic E-state index is -0.891. The fraction of sp³-hybridized carbons (Fsp3) is 0.500. The molecule has 2 aromatic heterocycles. The van der Waals surface area contributed by atoms with E-state index in [1.165, 1.54) is 12.1 Å². The van der Waals surface area contributed by atoms with Crippen LogP contribution in [0.25, 0.3) is 28.5 Å². The van der Waals surface area contributed by atoms with Gasteiger partial charge in [0, 0.05) is 23.7 Å². The number of methoxy groups -OCH3 is 1. The number of ether oxygens (including phenoxy) is 4. The first-order valence-corrected chi connectivity index (χ1v) is 15.7. The van der Waals surface area contributed by atoms with E-state index in [-0.39, 0.29) is 36.3 Å². The standard InChI is InChI=1S/C36H44FN3O5/c1-21(2)32-27(17-16-24-18-25(44-36(6,7)43-24)19-30(41)45-35(3,4)5)31(22-12-14-23(37)15-13-22)26-10-9-11-29-28(33(26)40-32)20-38-34(39-29)42-8/h12-17,20-21,24-25H,9-11,18-19H2,1-8H3/b17-16+/t24-,25-/m1/s1. The average Bonchev–Trinajstić information content (AvgIpc) is 3.12. The molecule has 0 radical (unpaired) electrons. The van der Waals surface area contributed by atoms with Crippen molar-refractivity contribution < 1.29 is 28.1 Å². The first-order valence-electron chi connectivity index (χ1n) is 15.7. The molecule has 3 heterocycles. The number of fused-ring (bicyclic) bond motifs is 3. The second-order valence-electron chi connectivity index (χ2n) is 13.5. The van der Waals surface area contributed by atoms with Crippen molar-refractivity contribution in [3.05, 3.63) is 64.9 Å². The van der Waals surface area contributed by atoms with Crippen LogP contribution >= 0.6 is 0 Å². The molecule has 9 heteroatoms. The van der Waals surface area contributed by atoms with E-state index in [1.54, 1.807) is 13.3 Å². The molecule has 0 amide bonds. The lowest BCUT2D eigenvalue weighted by Gasteiger charge is -2.39. The van der Waals surface area contributed by atoms with Crippen LogP contribution in [0, 0.1) is 5.82 Å². The molecule has 3 aromatic rings. The second-order valence-corrected chi connectivity index (χ2v) is 13.5. The van der Waals surface area contributed by atoms with Gasteiger partial charge in [-0.25, -0.2) is 9.37 Å². The Hall–Kier alpha value is -3.69. The monoisotopic (exact) mass is 617 g/mol. The number of benzene rings is 1. The predicted octanol–water partition coefficient (Wildman–Crippen LogP) is 7.62. The molecule has 0 bridgehead atoms. The Morgan fingerprint density at radius 1 is 1.13 bits per heavy atom. The molecule has 1 fully saturated rings. The molecule has 0 saturated carbocycles. The van der Waals surface area contributed by atoms with E-state index in [9.17, 15) is 9.18 Å². The van der Waals surface area contributed by atoms with Gasteiger partial charge in [-0.1, -0.05) is 38.1 Å². The van der Waals surface area contributed by atoms with Gasteiger partial charge in [-0.15, -0.1) is 0 Å². The Balaban J connectivity index is 1.60. The smallest absolute Gasteiger partial charge is 0.316 e. The number of hydrogen-bond acceptors (Lipinski definition) is 8. The number of aryl methyl sites for hydroxylation is 1. The molecule has 8 nitrogen and oxygen atoms in total. The van der Waals surface area contributed by atoms with Crippen molar-refractivity contribution in [2.75, 3.05) is 7.11 Å². The molecule has 1 aliphatic carbocycles. The van der Waals surface area contributed by atoms with Crippen LogP contribution < -0.4 is 4.74 Å². The summed E-state index contributed by atoms with van der Waals surface area (Å²) in [6, 6.07) is 6.98. The van der Waals surface area contributed by atoms with Gasteiger partial charge in [-0.2, -0.15) is 4.98 Å². The first-order chi connectivity index (χ1) is 21.2. The van der Waals surface area contributed by atoms with Gasteiger partial charge >= 0.3 is 12.0 Å². The van der Waals surface area contributed by atoms with Gasteiger partial charge in [0.2, 0.25) is 0 Å². The zero-order valence-electron chi connectivity index (χ0n) is 27.6. The summed E-state index contributed by atoms with van der Waals surface area (Å²) in [4.78, 5) is 27.0. The maximum atomic E-state index is 14.1. The van der Waals surface area contributed by atoms with Crippen LogP contribution in [0.1, 0.15) is 96.2 Å². The van der Waals surface area contributed by atoms with Gasteiger partial charge in [0.05, 0.1) is 42.8 Å². The summed E-state index contributed by atoms with van der Waals surface area (Å²) in [7, 11) is 1.57. The minimum absolute atomic E-state index is 0.0759. The highest BCUT2D eigenvalue weighted by atomic mass is 19.1. The lowest BCUT2D eigenvalue weighted by molar-refractivity contribution is -0.290. The van der Waals surface area contributed by atoms with Gasteiger partial charge in [0.1, 0.15) is 11.4 Å². The summed E-state index contributed by atoms with van der Waals surface area (Å²) in [6.07, 6.45) is 8.26. The SMILES string of the molecule is COc1ncc2c(n1)CCCc1c-2nc(C(C)C)c(/C=C/[C@@H]2C[C@H](CC(=O)OC(C)(C)C)OC(C)(C)O2)c1-c1ccc(F)cc1. The van der Waals surface area contributed by atoms with E-state index in [1.807, 2.05) is 52.8 Å². The molecule has 0 N–H and O–H groups in total. The van der Waals surface area contributed by atoms with Crippen molar-refractivity contribution in [2.24, 2.45) is 0 Å². The van der Waals surface area contributed by atoms with Crippen molar-refractivity contribution in [1.29, 1.82) is 0 Å². The molecule has 5 rings (SSSR count). The highest BCUT2D eigenvalue weighted by molar-refractivity contribution is 5.85. The summed E-state index contributed by atoms with van der Waals surface area (Å²) in [5, 5.41) is 0. The Labute approximate surface area is 265 Å². The predicted molar refractivity (Wildman–Crippen MR) is 171 cm³/mol. The quantitative estimate of drug-likeness (QED) is 0.250. The molecular formula is C36H44FN3O5. The number of nitrogens with zero attached hydrogens (tertiary/aromatic N) is 3. The maximum absolute atomic E-state index is 14.1. The number of carbonyl (C=O) groups excluding carboxylic acids is 1. The van der Waals surface area contributed by atoms with Gasteiger partial charge in [0.15, 0.2) is 5.79 Å². The van der Waals surface area contributed by atoms with E-state index < -0.39 is 11.4 Å². The Bertz CT molecular complexity index is 1580. The van der Waals surface area contributed by atoms with Gasteiger partial charge in [-0.05, 0) is 88.6 Å². The fourth-order valence-electron chi connectivity index (χ4n) is 6.16. The topological polar surface area (TPSA) is 92.7 Å². The summed E-state index contributed by atoms with van der Waals surface area (Å²) in [5.74, 6) is -1.41. The van der Waals surface area contributed by atoms with Crippen LogP contribution in [0.15, 0.2) is 36.5 Å². The van der Waals surface area contributed by atoms with Crippen LogP contribution in [0.5, 0.6) is 6.01 Å². The average molecular weight is 618 g/mol.